The molecule has 0 aromatic rings. The highest BCUT2D eigenvalue weighted by Crippen LogP contribution is 2.51. The highest BCUT2D eigenvalue weighted by atomic mass is 35.6. The summed E-state index contributed by atoms with van der Waals surface area (Å²) in [6.07, 6.45) is 1.16. The highest BCUT2D eigenvalue weighted by molar-refractivity contribution is 6.75. The van der Waals surface area contributed by atoms with Crippen molar-refractivity contribution in [1.29, 1.82) is 0 Å². The van der Waals surface area contributed by atoms with Crippen molar-refractivity contribution >= 4 is 64.3 Å². The molecule has 0 saturated carbocycles. The number of hydrogen-bond donors (Lipinski definition) is 0. The molecule has 3 nitrogen and oxygen atoms in total. The minimum absolute atomic E-state index is 0.0225. The van der Waals surface area contributed by atoms with Gasteiger partial charge in [0.25, 0.3) is 0 Å². The number of rotatable bonds is 3. The molecule has 0 fully saturated rings. The lowest BCUT2D eigenvalue weighted by atomic mass is 9.96. The van der Waals surface area contributed by atoms with Gasteiger partial charge in [-0.3, -0.25) is 5.01 Å². The quantitative estimate of drug-likeness (QED) is 0.647. The molecule has 1 unspecified atom stereocenters. The average Bonchev–Trinajstić information content (AvgIpc) is 2.57. The van der Waals surface area contributed by atoms with E-state index in [2.05, 4.69) is 25.9 Å². The summed E-state index contributed by atoms with van der Waals surface area (Å²) >= 11 is 30.7. The second-order valence-corrected chi connectivity index (χ2v) is 10.1. The van der Waals surface area contributed by atoms with Crippen LogP contribution in [-0.2, 0) is 0 Å². The Kier molecular flexibility index (Phi) is 5.70. The molecular formula is C12H20Cl5N3. The van der Waals surface area contributed by atoms with Gasteiger partial charge in [0.05, 0.1) is 0 Å². The number of hydrogen-bond acceptors (Lipinski definition) is 3. The second-order valence-electron chi connectivity index (χ2n) is 6.43. The topological polar surface area (TPSA) is 18.8 Å². The van der Waals surface area contributed by atoms with Crippen molar-refractivity contribution in [2.24, 2.45) is 10.5 Å². The first-order valence-electron chi connectivity index (χ1n) is 6.30. The van der Waals surface area contributed by atoms with Crippen LogP contribution in [0.3, 0.4) is 0 Å². The lowest BCUT2D eigenvalue weighted by Gasteiger charge is -2.44. The molecule has 0 aromatic carbocycles. The molecule has 0 aliphatic carbocycles. The Morgan fingerprint density at radius 3 is 1.95 bits per heavy atom. The predicted octanol–water partition coefficient (Wildman–Crippen LogP) is 4.87. The van der Waals surface area contributed by atoms with Crippen molar-refractivity contribution in [3.8, 4) is 0 Å². The number of nitrogens with zero attached hydrogens (tertiary/aromatic N) is 3. The van der Waals surface area contributed by atoms with E-state index in [9.17, 15) is 0 Å². The van der Waals surface area contributed by atoms with Gasteiger partial charge in [0.15, 0.2) is 6.17 Å². The Bertz CT molecular complexity index is 370. The van der Waals surface area contributed by atoms with Crippen molar-refractivity contribution in [1.82, 2.24) is 9.91 Å². The average molecular weight is 384 g/mol. The van der Waals surface area contributed by atoms with Crippen LogP contribution in [-0.4, -0.2) is 43.1 Å². The van der Waals surface area contributed by atoms with Crippen molar-refractivity contribution < 1.29 is 0 Å². The van der Waals surface area contributed by atoms with Gasteiger partial charge in [-0.25, -0.2) is 0 Å². The Hall–Kier alpha value is 0.720. The molecule has 20 heavy (non-hydrogen) atoms. The zero-order valence-corrected chi connectivity index (χ0v) is 16.0. The summed E-state index contributed by atoms with van der Waals surface area (Å²) in [6, 6.07) is 0.0745. The van der Waals surface area contributed by atoms with E-state index in [0.29, 0.717) is 6.54 Å². The van der Waals surface area contributed by atoms with Gasteiger partial charge >= 0.3 is 0 Å². The van der Waals surface area contributed by atoms with Crippen LogP contribution in [0.5, 0.6) is 0 Å². The van der Waals surface area contributed by atoms with Gasteiger partial charge in [0, 0.05) is 12.6 Å². The molecule has 0 amide bonds. The van der Waals surface area contributed by atoms with E-state index in [1.165, 1.54) is 0 Å². The van der Waals surface area contributed by atoms with Crippen molar-refractivity contribution in [3.63, 3.8) is 0 Å². The van der Waals surface area contributed by atoms with Gasteiger partial charge < -0.3 is 4.90 Å². The van der Waals surface area contributed by atoms with E-state index in [1.54, 1.807) is 11.3 Å². The van der Waals surface area contributed by atoms with E-state index in [0.717, 1.165) is 0 Å². The fourth-order valence-electron chi connectivity index (χ4n) is 2.02. The maximum Gasteiger partial charge on any atom is 0.227 e. The molecule has 118 valence electrons. The van der Waals surface area contributed by atoms with Crippen molar-refractivity contribution in [2.75, 3.05) is 6.54 Å². The Morgan fingerprint density at radius 2 is 1.60 bits per heavy atom. The molecule has 8 heteroatoms. The number of halogens is 5. The minimum atomic E-state index is -1.84. The molecule has 0 bridgehead atoms. The molecule has 0 spiro atoms. The summed E-state index contributed by atoms with van der Waals surface area (Å²) in [6.45, 7) is 11.0. The van der Waals surface area contributed by atoms with E-state index in [4.69, 9.17) is 58.0 Å². The van der Waals surface area contributed by atoms with E-state index in [-0.39, 0.29) is 11.5 Å². The number of alkyl halides is 5. The minimum Gasteiger partial charge on any atom is -0.336 e. The fraction of sp³-hybridized carbons (Fsp3) is 0.917. The molecule has 1 aliphatic rings. The van der Waals surface area contributed by atoms with Gasteiger partial charge in [-0.2, -0.15) is 5.10 Å². The van der Waals surface area contributed by atoms with Crippen LogP contribution in [0.2, 0.25) is 0 Å². The molecule has 0 aromatic heterocycles. The first-order valence-corrected chi connectivity index (χ1v) is 8.19. The van der Waals surface area contributed by atoms with Crippen LogP contribution < -0.4 is 0 Å². The number of hydrazone groups is 1. The Balaban J connectivity index is 3.12. The summed E-state index contributed by atoms with van der Waals surface area (Å²) in [5, 5.41) is 6.11. The fourth-order valence-corrected chi connectivity index (χ4v) is 2.76. The molecule has 0 N–H and O–H groups in total. The van der Waals surface area contributed by atoms with Crippen LogP contribution in [0.25, 0.3) is 0 Å². The van der Waals surface area contributed by atoms with E-state index < -0.39 is 14.3 Å². The summed E-state index contributed by atoms with van der Waals surface area (Å²) in [4.78, 5) is 1.92. The first-order chi connectivity index (χ1) is 8.77. The summed E-state index contributed by atoms with van der Waals surface area (Å²) in [5.41, 5.74) is 0.0225. The summed E-state index contributed by atoms with van der Waals surface area (Å²) in [5.74, 6) is 0. The first kappa shape index (κ1) is 18.8. The standard InChI is InChI=1S/C12H20Cl5N3/c1-8(2)20-9(11(13,14)12(15,16)17)19(7-18-20)6-10(3,4)5/h7-9H,6H2,1-5H3. The molecule has 1 heterocycles. The molecule has 1 atom stereocenters. The zero-order valence-electron chi connectivity index (χ0n) is 12.2. The Morgan fingerprint density at radius 1 is 1.10 bits per heavy atom. The predicted molar refractivity (Wildman–Crippen MR) is 90.1 cm³/mol. The molecule has 1 aliphatic heterocycles. The smallest absolute Gasteiger partial charge is 0.227 e. The van der Waals surface area contributed by atoms with Gasteiger partial charge in [0.1, 0.15) is 6.34 Å². The SMILES string of the molecule is CC(C)N1N=CN(CC(C)(C)C)C1C(Cl)(Cl)C(Cl)(Cl)Cl. The van der Waals surface area contributed by atoms with E-state index >= 15 is 0 Å². The van der Waals surface area contributed by atoms with Crippen LogP contribution in [0.4, 0.5) is 0 Å². The normalized spacial score (nSPS) is 21.2. The maximum atomic E-state index is 6.39. The van der Waals surface area contributed by atoms with Crippen LogP contribution in [0, 0.1) is 5.41 Å². The third kappa shape index (κ3) is 4.13. The monoisotopic (exact) mass is 381 g/mol. The largest absolute Gasteiger partial charge is 0.336 e. The summed E-state index contributed by atoms with van der Waals surface area (Å²) < 4.78 is -3.46. The lowest BCUT2D eigenvalue weighted by Crippen LogP contribution is -2.59. The zero-order chi connectivity index (χ0) is 15.9. The molecule has 0 saturated heterocycles. The van der Waals surface area contributed by atoms with Crippen LogP contribution in [0.15, 0.2) is 5.10 Å². The second kappa shape index (κ2) is 6.08. The van der Waals surface area contributed by atoms with Crippen LogP contribution >= 0.6 is 58.0 Å². The molecular weight excluding hydrogens is 363 g/mol. The molecule has 1 rings (SSSR count). The van der Waals surface area contributed by atoms with Gasteiger partial charge in [-0.05, 0) is 19.3 Å². The highest BCUT2D eigenvalue weighted by Gasteiger charge is 2.57. The van der Waals surface area contributed by atoms with Gasteiger partial charge in [-0.1, -0.05) is 78.8 Å². The van der Waals surface area contributed by atoms with Crippen LogP contribution in [0.1, 0.15) is 34.6 Å². The third-order valence-corrected chi connectivity index (χ3v) is 5.22. The third-order valence-electron chi connectivity index (χ3n) is 2.79. The lowest BCUT2D eigenvalue weighted by molar-refractivity contribution is 0.0700. The van der Waals surface area contributed by atoms with Gasteiger partial charge in [-0.15, -0.1) is 0 Å². The Labute approximate surface area is 146 Å². The van der Waals surface area contributed by atoms with Gasteiger partial charge in [0.2, 0.25) is 8.13 Å². The van der Waals surface area contributed by atoms with Crippen molar-refractivity contribution in [3.05, 3.63) is 0 Å². The molecule has 0 radical (unpaired) electrons. The van der Waals surface area contributed by atoms with E-state index in [1.807, 2.05) is 18.7 Å². The maximum absolute atomic E-state index is 6.39. The van der Waals surface area contributed by atoms with Crippen molar-refractivity contribution in [2.45, 2.75) is 55.0 Å². The summed E-state index contributed by atoms with van der Waals surface area (Å²) in [7, 11) is 0.